The minimum atomic E-state index is -0.397. The molecule has 1 fully saturated rings. The SMILES string of the molecule is Cc1ccc(OCCC(=O)N[C@H]2CCCC[C@@H]2O)cc1. The van der Waals surface area contributed by atoms with Gasteiger partial charge in [0.2, 0.25) is 5.91 Å². The maximum Gasteiger partial charge on any atom is 0.223 e. The fourth-order valence-electron chi connectivity index (χ4n) is 2.45. The molecule has 2 atom stereocenters. The fourth-order valence-corrected chi connectivity index (χ4v) is 2.45. The minimum Gasteiger partial charge on any atom is -0.493 e. The molecule has 0 radical (unpaired) electrons. The summed E-state index contributed by atoms with van der Waals surface area (Å²) < 4.78 is 5.52. The first-order chi connectivity index (χ1) is 9.65. The highest BCUT2D eigenvalue weighted by atomic mass is 16.5. The number of benzene rings is 1. The maximum atomic E-state index is 11.8. The second-order valence-electron chi connectivity index (χ2n) is 5.44. The smallest absolute Gasteiger partial charge is 0.223 e. The lowest BCUT2D eigenvalue weighted by atomic mass is 9.92. The molecule has 0 aliphatic heterocycles. The summed E-state index contributed by atoms with van der Waals surface area (Å²) in [6.07, 6.45) is 3.69. The molecule has 0 aromatic heterocycles. The van der Waals surface area contributed by atoms with Crippen LogP contribution in [0.4, 0.5) is 0 Å². The van der Waals surface area contributed by atoms with E-state index in [4.69, 9.17) is 4.74 Å². The molecule has 0 saturated heterocycles. The van der Waals surface area contributed by atoms with E-state index in [1.165, 1.54) is 5.56 Å². The van der Waals surface area contributed by atoms with Crippen molar-refractivity contribution in [3.05, 3.63) is 29.8 Å². The summed E-state index contributed by atoms with van der Waals surface area (Å²) in [4.78, 5) is 11.8. The molecule has 0 unspecified atom stereocenters. The first kappa shape index (κ1) is 14.9. The second-order valence-corrected chi connectivity index (χ2v) is 5.44. The first-order valence-electron chi connectivity index (χ1n) is 7.32. The fraction of sp³-hybridized carbons (Fsp3) is 0.562. The predicted octanol–water partition coefficient (Wildman–Crippen LogP) is 2.18. The monoisotopic (exact) mass is 277 g/mol. The second kappa shape index (κ2) is 7.29. The Balaban J connectivity index is 1.68. The van der Waals surface area contributed by atoms with Crippen LogP contribution in [0.25, 0.3) is 0 Å². The van der Waals surface area contributed by atoms with Crippen LogP contribution in [0.5, 0.6) is 5.75 Å². The molecule has 1 saturated carbocycles. The van der Waals surface area contributed by atoms with Crippen LogP contribution in [0.15, 0.2) is 24.3 Å². The van der Waals surface area contributed by atoms with Gasteiger partial charge in [-0.05, 0) is 31.9 Å². The number of carbonyl (C=O) groups is 1. The van der Waals surface area contributed by atoms with Crippen molar-refractivity contribution in [2.24, 2.45) is 0 Å². The maximum absolute atomic E-state index is 11.8. The lowest BCUT2D eigenvalue weighted by Gasteiger charge is -2.28. The molecule has 1 aliphatic rings. The average Bonchev–Trinajstić information content (AvgIpc) is 2.44. The van der Waals surface area contributed by atoms with E-state index in [9.17, 15) is 9.90 Å². The van der Waals surface area contributed by atoms with E-state index in [1.807, 2.05) is 31.2 Å². The summed E-state index contributed by atoms with van der Waals surface area (Å²) in [6.45, 7) is 2.38. The summed E-state index contributed by atoms with van der Waals surface area (Å²) in [7, 11) is 0. The van der Waals surface area contributed by atoms with Crippen molar-refractivity contribution >= 4 is 5.91 Å². The van der Waals surface area contributed by atoms with E-state index in [1.54, 1.807) is 0 Å². The van der Waals surface area contributed by atoms with Gasteiger partial charge < -0.3 is 15.2 Å². The summed E-state index contributed by atoms with van der Waals surface area (Å²) in [5.74, 6) is 0.726. The van der Waals surface area contributed by atoms with Crippen LogP contribution >= 0.6 is 0 Å². The highest BCUT2D eigenvalue weighted by Crippen LogP contribution is 2.18. The molecule has 1 aliphatic carbocycles. The summed E-state index contributed by atoms with van der Waals surface area (Å²) in [6, 6.07) is 7.67. The quantitative estimate of drug-likeness (QED) is 0.867. The van der Waals surface area contributed by atoms with Crippen molar-refractivity contribution in [1.29, 1.82) is 0 Å². The summed E-state index contributed by atoms with van der Waals surface area (Å²) in [5.41, 5.74) is 1.18. The van der Waals surface area contributed by atoms with Gasteiger partial charge in [-0.1, -0.05) is 30.5 Å². The van der Waals surface area contributed by atoms with Crippen LogP contribution in [0.2, 0.25) is 0 Å². The molecule has 1 amide bonds. The van der Waals surface area contributed by atoms with Crippen molar-refractivity contribution < 1.29 is 14.6 Å². The number of rotatable bonds is 5. The van der Waals surface area contributed by atoms with Gasteiger partial charge in [0.1, 0.15) is 5.75 Å². The number of hydrogen-bond donors (Lipinski definition) is 2. The lowest BCUT2D eigenvalue weighted by Crippen LogP contribution is -2.45. The molecule has 4 heteroatoms. The van der Waals surface area contributed by atoms with E-state index < -0.39 is 6.10 Å². The number of aliphatic hydroxyl groups is 1. The third-order valence-corrected chi connectivity index (χ3v) is 3.69. The number of amides is 1. The Labute approximate surface area is 120 Å². The van der Waals surface area contributed by atoms with Crippen molar-refractivity contribution in [3.8, 4) is 5.75 Å². The van der Waals surface area contributed by atoms with Crippen LogP contribution < -0.4 is 10.1 Å². The van der Waals surface area contributed by atoms with Gasteiger partial charge in [0.25, 0.3) is 0 Å². The van der Waals surface area contributed by atoms with E-state index in [0.29, 0.717) is 13.0 Å². The van der Waals surface area contributed by atoms with Crippen LogP contribution in [0.3, 0.4) is 0 Å². The normalized spacial score (nSPS) is 22.3. The Morgan fingerprint density at radius 2 is 2.00 bits per heavy atom. The molecule has 1 aromatic carbocycles. The molecule has 2 N–H and O–H groups in total. The number of aliphatic hydroxyl groups excluding tert-OH is 1. The van der Waals surface area contributed by atoms with Crippen LogP contribution in [0, 0.1) is 6.92 Å². The molecule has 20 heavy (non-hydrogen) atoms. The number of aryl methyl sites for hydroxylation is 1. The van der Waals surface area contributed by atoms with Gasteiger partial charge in [-0.15, -0.1) is 0 Å². The van der Waals surface area contributed by atoms with Crippen molar-refractivity contribution in [3.63, 3.8) is 0 Å². The Morgan fingerprint density at radius 1 is 1.30 bits per heavy atom. The number of ether oxygens (including phenoxy) is 1. The molecule has 0 spiro atoms. The standard InChI is InChI=1S/C16H23NO3/c1-12-6-8-13(9-7-12)20-11-10-16(19)17-14-4-2-3-5-15(14)18/h6-9,14-15,18H,2-5,10-11H2,1H3,(H,17,19)/t14-,15-/m0/s1. The van der Waals surface area contributed by atoms with Gasteiger partial charge in [0.05, 0.1) is 25.2 Å². The zero-order valence-electron chi connectivity index (χ0n) is 12.0. The number of hydrogen-bond acceptors (Lipinski definition) is 3. The van der Waals surface area contributed by atoms with Crippen LogP contribution in [-0.4, -0.2) is 29.8 Å². The minimum absolute atomic E-state index is 0.0527. The van der Waals surface area contributed by atoms with E-state index in [0.717, 1.165) is 31.4 Å². The highest BCUT2D eigenvalue weighted by molar-refractivity contribution is 5.76. The molecule has 0 bridgehead atoms. The number of carbonyl (C=O) groups excluding carboxylic acids is 1. The lowest BCUT2D eigenvalue weighted by molar-refractivity contribution is -0.123. The van der Waals surface area contributed by atoms with Crippen LogP contribution in [0.1, 0.15) is 37.7 Å². The molecule has 2 rings (SSSR count). The van der Waals surface area contributed by atoms with Gasteiger partial charge in [-0.2, -0.15) is 0 Å². The molecule has 1 aromatic rings. The van der Waals surface area contributed by atoms with Crippen LogP contribution in [-0.2, 0) is 4.79 Å². The zero-order chi connectivity index (χ0) is 14.4. The Morgan fingerprint density at radius 3 is 2.70 bits per heavy atom. The van der Waals surface area contributed by atoms with Crippen molar-refractivity contribution in [2.45, 2.75) is 51.2 Å². The third kappa shape index (κ3) is 4.53. The van der Waals surface area contributed by atoms with Crippen molar-refractivity contribution in [1.82, 2.24) is 5.32 Å². The zero-order valence-corrected chi connectivity index (χ0v) is 12.0. The van der Waals surface area contributed by atoms with Gasteiger partial charge in [-0.3, -0.25) is 4.79 Å². The predicted molar refractivity (Wildman–Crippen MR) is 77.7 cm³/mol. The van der Waals surface area contributed by atoms with Gasteiger partial charge in [0, 0.05) is 0 Å². The van der Waals surface area contributed by atoms with Gasteiger partial charge >= 0.3 is 0 Å². The molecular weight excluding hydrogens is 254 g/mol. The molecule has 4 nitrogen and oxygen atoms in total. The van der Waals surface area contributed by atoms with Gasteiger partial charge in [0.15, 0.2) is 0 Å². The molecule has 110 valence electrons. The number of nitrogens with one attached hydrogen (secondary N) is 1. The summed E-state index contributed by atoms with van der Waals surface area (Å²) >= 11 is 0. The molecule has 0 heterocycles. The Bertz CT molecular complexity index is 430. The third-order valence-electron chi connectivity index (χ3n) is 3.69. The topological polar surface area (TPSA) is 58.6 Å². The largest absolute Gasteiger partial charge is 0.493 e. The average molecular weight is 277 g/mol. The van der Waals surface area contributed by atoms with E-state index >= 15 is 0 Å². The highest BCUT2D eigenvalue weighted by Gasteiger charge is 2.24. The molecular formula is C16H23NO3. The van der Waals surface area contributed by atoms with E-state index in [-0.39, 0.29) is 11.9 Å². The Hall–Kier alpha value is -1.55. The first-order valence-corrected chi connectivity index (χ1v) is 7.32. The van der Waals surface area contributed by atoms with E-state index in [2.05, 4.69) is 5.32 Å². The van der Waals surface area contributed by atoms with Crippen molar-refractivity contribution in [2.75, 3.05) is 6.61 Å². The van der Waals surface area contributed by atoms with Gasteiger partial charge in [-0.25, -0.2) is 0 Å². The summed E-state index contributed by atoms with van der Waals surface area (Å²) in [5, 5.41) is 12.7. The Kier molecular flexibility index (Phi) is 5.41.